The van der Waals surface area contributed by atoms with Crippen LogP contribution in [0.3, 0.4) is 0 Å². The zero-order chi connectivity index (χ0) is 22.8. The van der Waals surface area contributed by atoms with Crippen molar-refractivity contribution in [1.82, 2.24) is 15.2 Å². The van der Waals surface area contributed by atoms with E-state index in [9.17, 15) is 4.79 Å². The van der Waals surface area contributed by atoms with Crippen LogP contribution in [0, 0.1) is 6.92 Å². The summed E-state index contributed by atoms with van der Waals surface area (Å²) in [5, 5.41) is 6.69. The van der Waals surface area contributed by atoms with E-state index in [1.54, 1.807) is 59.3 Å². The number of rotatable bonds is 5. The maximum atomic E-state index is 13.0. The van der Waals surface area contributed by atoms with E-state index in [1.165, 1.54) is 0 Å². The summed E-state index contributed by atoms with van der Waals surface area (Å²) in [6, 6.07) is 19.3. The van der Waals surface area contributed by atoms with E-state index >= 15 is 0 Å². The number of anilines is 1. The number of hydrogen-bond donors (Lipinski definition) is 2. The summed E-state index contributed by atoms with van der Waals surface area (Å²) in [6.07, 6.45) is 0. The van der Waals surface area contributed by atoms with Crippen LogP contribution in [0.2, 0.25) is 20.1 Å². The summed E-state index contributed by atoms with van der Waals surface area (Å²) in [5.74, 6) is -0.406. The van der Waals surface area contributed by atoms with Gasteiger partial charge < -0.3 is 0 Å². The molecule has 0 unspecified atom stereocenters. The van der Waals surface area contributed by atoms with Crippen molar-refractivity contribution < 1.29 is 4.79 Å². The third-order valence-corrected chi connectivity index (χ3v) is 5.80. The summed E-state index contributed by atoms with van der Waals surface area (Å²) in [4.78, 5) is 13.0. The molecule has 0 aliphatic carbocycles. The number of aromatic nitrogens is 2. The van der Waals surface area contributed by atoms with Crippen LogP contribution in [0.25, 0.3) is 16.9 Å². The molecule has 0 aliphatic rings. The van der Waals surface area contributed by atoms with Crippen LogP contribution in [-0.2, 0) is 0 Å². The molecule has 9 heteroatoms. The number of carbonyl (C=O) groups is 1. The Hall–Kier alpha value is -2.70. The van der Waals surface area contributed by atoms with E-state index in [-0.39, 0.29) is 5.69 Å². The Kier molecular flexibility index (Phi) is 6.63. The Morgan fingerprint density at radius 2 is 1.44 bits per heavy atom. The lowest BCUT2D eigenvalue weighted by Crippen LogP contribution is -2.30. The quantitative estimate of drug-likeness (QED) is 0.281. The number of benzene rings is 3. The highest BCUT2D eigenvalue weighted by molar-refractivity contribution is 6.35. The first-order valence-corrected chi connectivity index (χ1v) is 11.0. The number of hydrazine groups is 1. The number of nitrogens with one attached hydrogen (secondary N) is 2. The molecule has 1 heterocycles. The fourth-order valence-electron chi connectivity index (χ4n) is 3.21. The molecule has 3 aromatic carbocycles. The average Bonchev–Trinajstić information content (AvgIpc) is 3.10. The molecule has 1 amide bonds. The van der Waals surface area contributed by atoms with Crippen LogP contribution in [0.4, 0.5) is 5.69 Å². The monoisotopic (exact) mass is 504 g/mol. The van der Waals surface area contributed by atoms with Crippen molar-refractivity contribution in [3.05, 3.63) is 98.1 Å². The largest absolute Gasteiger partial charge is 0.298 e. The standard InChI is InChI=1S/C23H16Cl4N4O/c1-13-21(23(32)29-28-18-9-6-16(25)7-10-18)30-31(20-11-8-17(26)12-19(20)27)22(13)14-2-4-15(24)5-3-14/h2-12,28H,1H3,(H,29,32). The van der Waals surface area contributed by atoms with Crippen LogP contribution in [0.1, 0.15) is 16.1 Å². The Morgan fingerprint density at radius 3 is 2.06 bits per heavy atom. The van der Waals surface area contributed by atoms with E-state index in [1.807, 2.05) is 19.1 Å². The molecule has 0 aliphatic heterocycles. The molecule has 162 valence electrons. The Morgan fingerprint density at radius 1 is 0.844 bits per heavy atom. The number of carbonyl (C=O) groups excluding carboxylic acids is 1. The van der Waals surface area contributed by atoms with Gasteiger partial charge in [-0.3, -0.25) is 15.6 Å². The molecule has 2 N–H and O–H groups in total. The van der Waals surface area contributed by atoms with Gasteiger partial charge in [0.05, 0.1) is 22.1 Å². The van der Waals surface area contributed by atoms with Crippen molar-refractivity contribution in [2.45, 2.75) is 6.92 Å². The Balaban J connectivity index is 1.75. The van der Waals surface area contributed by atoms with Gasteiger partial charge in [0, 0.05) is 26.2 Å². The fraction of sp³-hybridized carbons (Fsp3) is 0.0435. The van der Waals surface area contributed by atoms with Crippen molar-refractivity contribution in [3.8, 4) is 16.9 Å². The SMILES string of the molecule is Cc1c(C(=O)NNc2ccc(Cl)cc2)nn(-c2ccc(Cl)cc2Cl)c1-c1ccc(Cl)cc1. The van der Waals surface area contributed by atoms with Gasteiger partial charge in [0.15, 0.2) is 5.69 Å². The molecule has 0 radical (unpaired) electrons. The average molecular weight is 506 g/mol. The van der Waals surface area contributed by atoms with Gasteiger partial charge in [-0.2, -0.15) is 5.10 Å². The van der Waals surface area contributed by atoms with Crippen molar-refractivity contribution in [2.24, 2.45) is 0 Å². The third kappa shape index (κ3) is 4.71. The molecule has 32 heavy (non-hydrogen) atoms. The third-order valence-electron chi connectivity index (χ3n) is 4.76. The van der Waals surface area contributed by atoms with Crippen LogP contribution >= 0.6 is 46.4 Å². The minimum atomic E-state index is -0.406. The molecule has 1 aromatic heterocycles. The van der Waals surface area contributed by atoms with Crippen molar-refractivity contribution >= 4 is 58.0 Å². The predicted molar refractivity (Wildman–Crippen MR) is 131 cm³/mol. The highest BCUT2D eigenvalue weighted by atomic mass is 35.5. The van der Waals surface area contributed by atoms with Crippen LogP contribution in [0.15, 0.2) is 66.7 Å². The maximum absolute atomic E-state index is 13.0. The molecular formula is C23H16Cl4N4O. The minimum Gasteiger partial charge on any atom is -0.298 e. The summed E-state index contributed by atoms with van der Waals surface area (Å²) >= 11 is 24.5. The second-order valence-electron chi connectivity index (χ2n) is 6.92. The highest BCUT2D eigenvalue weighted by Gasteiger charge is 2.23. The molecular weight excluding hydrogens is 490 g/mol. The van der Waals surface area contributed by atoms with Crippen molar-refractivity contribution in [2.75, 3.05) is 5.43 Å². The number of hydrogen-bond acceptors (Lipinski definition) is 3. The van der Waals surface area contributed by atoms with Crippen LogP contribution in [0.5, 0.6) is 0 Å². The second-order valence-corrected chi connectivity index (χ2v) is 8.64. The fourth-order valence-corrected chi connectivity index (χ4v) is 3.95. The zero-order valence-corrected chi connectivity index (χ0v) is 19.7. The van der Waals surface area contributed by atoms with E-state index < -0.39 is 5.91 Å². The van der Waals surface area contributed by atoms with Gasteiger partial charge in [-0.05, 0) is 61.5 Å². The molecule has 0 atom stereocenters. The lowest BCUT2D eigenvalue weighted by molar-refractivity contribution is 0.0956. The second kappa shape index (κ2) is 9.43. The Bertz CT molecular complexity index is 1280. The van der Waals surface area contributed by atoms with Crippen molar-refractivity contribution in [3.63, 3.8) is 0 Å². The molecule has 0 spiro atoms. The molecule has 4 rings (SSSR count). The van der Waals surface area contributed by atoms with Crippen LogP contribution in [-0.4, -0.2) is 15.7 Å². The molecule has 0 saturated heterocycles. The zero-order valence-electron chi connectivity index (χ0n) is 16.7. The first-order valence-electron chi connectivity index (χ1n) is 9.46. The van der Waals surface area contributed by atoms with Crippen molar-refractivity contribution in [1.29, 1.82) is 0 Å². The van der Waals surface area contributed by atoms with Gasteiger partial charge in [0.25, 0.3) is 5.91 Å². The first-order chi connectivity index (χ1) is 15.3. The van der Waals surface area contributed by atoms with Gasteiger partial charge in [-0.15, -0.1) is 0 Å². The van der Waals surface area contributed by atoms with Gasteiger partial charge >= 0.3 is 0 Å². The number of halogens is 4. The topological polar surface area (TPSA) is 59.0 Å². The van der Waals surface area contributed by atoms with Crippen LogP contribution < -0.4 is 10.9 Å². The molecule has 0 saturated carbocycles. The predicted octanol–water partition coefficient (Wildman–Crippen LogP) is 7.22. The first kappa shape index (κ1) is 22.5. The molecule has 5 nitrogen and oxygen atoms in total. The molecule has 4 aromatic rings. The summed E-state index contributed by atoms with van der Waals surface area (Å²) < 4.78 is 1.63. The van der Waals surface area contributed by atoms with Gasteiger partial charge in [0.2, 0.25) is 0 Å². The normalized spacial score (nSPS) is 10.8. The van der Waals surface area contributed by atoms with E-state index in [2.05, 4.69) is 16.0 Å². The summed E-state index contributed by atoms with van der Waals surface area (Å²) in [7, 11) is 0. The smallest absolute Gasteiger partial charge is 0.290 e. The minimum absolute atomic E-state index is 0.238. The summed E-state index contributed by atoms with van der Waals surface area (Å²) in [5.41, 5.74) is 9.26. The van der Waals surface area contributed by atoms with E-state index in [0.717, 1.165) is 5.56 Å². The van der Waals surface area contributed by atoms with Gasteiger partial charge in [0.1, 0.15) is 0 Å². The molecule has 0 bridgehead atoms. The molecule has 0 fully saturated rings. The number of amides is 1. The van der Waals surface area contributed by atoms with E-state index in [0.29, 0.717) is 42.7 Å². The summed E-state index contributed by atoms with van der Waals surface area (Å²) in [6.45, 7) is 1.83. The maximum Gasteiger partial charge on any atom is 0.290 e. The Labute approximate surface area is 204 Å². The van der Waals surface area contributed by atoms with Gasteiger partial charge in [-0.25, -0.2) is 4.68 Å². The lowest BCUT2D eigenvalue weighted by atomic mass is 10.1. The van der Waals surface area contributed by atoms with E-state index in [4.69, 9.17) is 46.4 Å². The highest BCUT2D eigenvalue weighted by Crippen LogP contribution is 2.33. The lowest BCUT2D eigenvalue weighted by Gasteiger charge is -2.11. The van der Waals surface area contributed by atoms with Gasteiger partial charge in [-0.1, -0.05) is 58.5 Å². The number of nitrogens with zero attached hydrogens (tertiary/aromatic N) is 2.